The highest BCUT2D eigenvalue weighted by Gasteiger charge is 2.24. The van der Waals surface area contributed by atoms with E-state index in [1.807, 2.05) is 74.5 Å². The van der Waals surface area contributed by atoms with Crippen molar-refractivity contribution >= 4 is 12.0 Å². The summed E-state index contributed by atoms with van der Waals surface area (Å²) < 4.78 is 10.7. The quantitative estimate of drug-likeness (QED) is 0.593. The molecule has 2 aromatic rings. The molecule has 0 aliphatic heterocycles. The smallest absolute Gasteiger partial charge is 0.344 e. The van der Waals surface area contributed by atoms with Crippen LogP contribution in [0.2, 0.25) is 0 Å². The number of hydrogen-bond donors (Lipinski definition) is 0. The summed E-state index contributed by atoms with van der Waals surface area (Å²) in [5.74, 6) is -0.397. The standard InChI is InChI=1S/C19H20O3/c1-19(2,17-11-7-4-8-12-17)22-18(20)15-21-14-13-16-9-5-3-6-10-16/h3-14H,15H2,1-2H3. The molecule has 0 aliphatic carbocycles. The van der Waals surface area contributed by atoms with E-state index < -0.39 is 11.6 Å². The third-order valence-corrected chi connectivity index (χ3v) is 3.20. The number of ether oxygens (including phenoxy) is 2. The van der Waals surface area contributed by atoms with Gasteiger partial charge in [-0.3, -0.25) is 0 Å². The summed E-state index contributed by atoms with van der Waals surface area (Å²) in [6.07, 6.45) is 3.31. The Hall–Kier alpha value is -2.55. The average Bonchev–Trinajstić information content (AvgIpc) is 2.53. The number of benzene rings is 2. The summed E-state index contributed by atoms with van der Waals surface area (Å²) >= 11 is 0. The van der Waals surface area contributed by atoms with Gasteiger partial charge in [0.1, 0.15) is 5.60 Å². The first-order valence-corrected chi connectivity index (χ1v) is 7.18. The first-order chi connectivity index (χ1) is 10.6. The largest absolute Gasteiger partial charge is 0.489 e. The van der Waals surface area contributed by atoms with Crippen LogP contribution < -0.4 is 0 Å². The van der Waals surface area contributed by atoms with Crippen LogP contribution in [0.25, 0.3) is 6.08 Å². The van der Waals surface area contributed by atoms with Crippen LogP contribution in [0.5, 0.6) is 0 Å². The Morgan fingerprint density at radius 2 is 1.59 bits per heavy atom. The van der Waals surface area contributed by atoms with E-state index in [9.17, 15) is 4.79 Å². The summed E-state index contributed by atoms with van der Waals surface area (Å²) in [4.78, 5) is 11.9. The van der Waals surface area contributed by atoms with Crippen molar-refractivity contribution in [2.75, 3.05) is 6.61 Å². The highest BCUT2D eigenvalue weighted by atomic mass is 16.6. The zero-order chi connectivity index (χ0) is 15.8. The normalized spacial score (nSPS) is 11.4. The van der Waals surface area contributed by atoms with Gasteiger partial charge < -0.3 is 9.47 Å². The van der Waals surface area contributed by atoms with Crippen molar-refractivity contribution in [1.29, 1.82) is 0 Å². The van der Waals surface area contributed by atoms with E-state index >= 15 is 0 Å². The lowest BCUT2D eigenvalue weighted by Gasteiger charge is -2.25. The van der Waals surface area contributed by atoms with Crippen LogP contribution in [0, 0.1) is 0 Å². The minimum absolute atomic E-state index is 0.112. The van der Waals surface area contributed by atoms with Crippen molar-refractivity contribution in [3.63, 3.8) is 0 Å². The Kier molecular flexibility index (Phi) is 5.37. The molecule has 3 heteroatoms. The second-order valence-corrected chi connectivity index (χ2v) is 5.37. The monoisotopic (exact) mass is 296 g/mol. The molecule has 114 valence electrons. The maximum absolute atomic E-state index is 11.9. The third kappa shape index (κ3) is 4.77. The second kappa shape index (κ2) is 7.46. The van der Waals surface area contributed by atoms with Crippen molar-refractivity contribution in [1.82, 2.24) is 0 Å². The Morgan fingerprint density at radius 1 is 1.00 bits per heavy atom. The molecule has 0 saturated carbocycles. The summed E-state index contributed by atoms with van der Waals surface area (Å²) in [5.41, 5.74) is 1.29. The predicted molar refractivity (Wildman–Crippen MR) is 87.0 cm³/mol. The van der Waals surface area contributed by atoms with Gasteiger partial charge in [0.25, 0.3) is 0 Å². The SMILES string of the molecule is CC(C)(OC(=O)COC=Cc1ccccc1)c1ccccc1. The average molecular weight is 296 g/mol. The number of rotatable bonds is 6. The Labute approximate surface area is 131 Å². The Balaban J connectivity index is 1.82. The van der Waals surface area contributed by atoms with Gasteiger partial charge in [-0.25, -0.2) is 4.79 Å². The van der Waals surface area contributed by atoms with Crippen molar-refractivity contribution in [2.45, 2.75) is 19.4 Å². The summed E-state index contributed by atoms with van der Waals surface area (Å²) in [5, 5.41) is 0. The van der Waals surface area contributed by atoms with Crippen LogP contribution in [0.4, 0.5) is 0 Å². The fraction of sp³-hybridized carbons (Fsp3) is 0.211. The van der Waals surface area contributed by atoms with Gasteiger partial charge >= 0.3 is 5.97 Å². The zero-order valence-corrected chi connectivity index (χ0v) is 12.9. The molecule has 0 aromatic heterocycles. The molecule has 0 N–H and O–H groups in total. The van der Waals surface area contributed by atoms with Gasteiger partial charge in [0.05, 0.1) is 6.26 Å². The lowest BCUT2D eigenvalue weighted by molar-refractivity contribution is -0.161. The van der Waals surface area contributed by atoms with Gasteiger partial charge in [0.15, 0.2) is 6.61 Å². The zero-order valence-electron chi connectivity index (χ0n) is 12.9. The molecular formula is C19H20O3. The number of carbonyl (C=O) groups is 1. The maximum Gasteiger partial charge on any atom is 0.344 e. The molecule has 0 bridgehead atoms. The molecule has 0 radical (unpaired) electrons. The first kappa shape index (κ1) is 15.8. The van der Waals surface area contributed by atoms with Crippen LogP contribution in [0.3, 0.4) is 0 Å². The van der Waals surface area contributed by atoms with Crippen molar-refractivity contribution in [3.8, 4) is 0 Å². The van der Waals surface area contributed by atoms with Gasteiger partial charge in [0, 0.05) is 0 Å². The molecule has 0 saturated heterocycles. The van der Waals surface area contributed by atoms with Crippen molar-refractivity contribution < 1.29 is 14.3 Å². The molecule has 0 spiro atoms. The van der Waals surface area contributed by atoms with Crippen LogP contribution >= 0.6 is 0 Å². The minimum Gasteiger partial charge on any atom is -0.489 e. The molecule has 2 rings (SSSR count). The highest BCUT2D eigenvalue weighted by molar-refractivity contribution is 5.71. The fourth-order valence-electron chi connectivity index (χ4n) is 2.02. The van der Waals surface area contributed by atoms with Crippen LogP contribution in [-0.4, -0.2) is 12.6 Å². The van der Waals surface area contributed by atoms with E-state index in [2.05, 4.69) is 0 Å². The van der Waals surface area contributed by atoms with E-state index in [-0.39, 0.29) is 6.61 Å². The Bertz CT molecular complexity index is 616. The van der Waals surface area contributed by atoms with E-state index in [1.165, 1.54) is 6.26 Å². The Morgan fingerprint density at radius 3 is 2.23 bits per heavy atom. The van der Waals surface area contributed by atoms with Crippen LogP contribution in [0.15, 0.2) is 66.9 Å². The number of hydrogen-bond acceptors (Lipinski definition) is 3. The summed E-state index contributed by atoms with van der Waals surface area (Å²) in [6, 6.07) is 19.4. The molecule has 0 amide bonds. The van der Waals surface area contributed by atoms with Crippen LogP contribution in [0.1, 0.15) is 25.0 Å². The fourth-order valence-corrected chi connectivity index (χ4v) is 2.02. The molecule has 2 aromatic carbocycles. The van der Waals surface area contributed by atoms with Gasteiger partial charge in [-0.1, -0.05) is 60.7 Å². The van der Waals surface area contributed by atoms with E-state index in [0.717, 1.165) is 11.1 Å². The van der Waals surface area contributed by atoms with E-state index in [0.29, 0.717) is 0 Å². The number of esters is 1. The second-order valence-electron chi connectivity index (χ2n) is 5.37. The van der Waals surface area contributed by atoms with Crippen molar-refractivity contribution in [2.24, 2.45) is 0 Å². The van der Waals surface area contributed by atoms with E-state index in [4.69, 9.17) is 9.47 Å². The lowest BCUT2D eigenvalue weighted by Crippen LogP contribution is -2.27. The molecule has 0 atom stereocenters. The number of carbonyl (C=O) groups excluding carboxylic acids is 1. The van der Waals surface area contributed by atoms with Crippen LogP contribution in [-0.2, 0) is 19.9 Å². The topological polar surface area (TPSA) is 35.5 Å². The maximum atomic E-state index is 11.9. The lowest BCUT2D eigenvalue weighted by atomic mass is 9.98. The van der Waals surface area contributed by atoms with Gasteiger partial charge in [-0.05, 0) is 31.1 Å². The highest BCUT2D eigenvalue weighted by Crippen LogP contribution is 2.24. The van der Waals surface area contributed by atoms with Gasteiger partial charge in [-0.2, -0.15) is 0 Å². The molecular weight excluding hydrogens is 276 g/mol. The first-order valence-electron chi connectivity index (χ1n) is 7.18. The third-order valence-electron chi connectivity index (χ3n) is 3.20. The molecule has 0 unspecified atom stereocenters. The molecule has 22 heavy (non-hydrogen) atoms. The van der Waals surface area contributed by atoms with Gasteiger partial charge in [0.2, 0.25) is 0 Å². The summed E-state index contributed by atoms with van der Waals surface area (Å²) in [7, 11) is 0. The molecule has 3 nitrogen and oxygen atoms in total. The molecule has 0 aliphatic rings. The van der Waals surface area contributed by atoms with Gasteiger partial charge in [-0.15, -0.1) is 0 Å². The minimum atomic E-state index is -0.676. The van der Waals surface area contributed by atoms with Crippen molar-refractivity contribution in [3.05, 3.63) is 78.1 Å². The summed E-state index contributed by atoms with van der Waals surface area (Å²) in [6.45, 7) is 3.61. The molecule has 0 heterocycles. The predicted octanol–water partition coefficient (Wildman–Crippen LogP) is 4.15. The molecule has 0 fully saturated rings. The van der Waals surface area contributed by atoms with E-state index in [1.54, 1.807) is 6.08 Å².